The summed E-state index contributed by atoms with van der Waals surface area (Å²) in [6, 6.07) is 12.5. The Labute approximate surface area is 200 Å². The first kappa shape index (κ1) is 22.6. The lowest BCUT2D eigenvalue weighted by molar-refractivity contribution is -0.116. The number of ketones is 1. The molecule has 7 nitrogen and oxygen atoms in total. The van der Waals surface area contributed by atoms with Crippen LogP contribution in [0.4, 0.5) is 5.69 Å². The molecule has 0 spiro atoms. The number of nitriles is 2. The van der Waals surface area contributed by atoms with Crippen LogP contribution in [0.1, 0.15) is 36.3 Å². The van der Waals surface area contributed by atoms with Crippen molar-refractivity contribution in [2.75, 3.05) is 11.1 Å². The molecule has 0 radical (unpaired) electrons. The number of carbonyl (C=O) groups excluding carboxylic acids is 2. The molecule has 2 N–H and O–H groups in total. The molecule has 0 saturated heterocycles. The molecule has 0 fully saturated rings. The molecule has 2 heterocycles. The van der Waals surface area contributed by atoms with E-state index in [-0.39, 0.29) is 17.4 Å². The van der Waals surface area contributed by atoms with Gasteiger partial charge in [0.25, 0.3) is 0 Å². The molecule has 0 saturated carbocycles. The van der Waals surface area contributed by atoms with Gasteiger partial charge in [0.15, 0.2) is 5.78 Å². The molecule has 1 aliphatic carbocycles. The van der Waals surface area contributed by atoms with E-state index in [0.29, 0.717) is 45.3 Å². The molecule has 1 aromatic heterocycles. The van der Waals surface area contributed by atoms with Crippen molar-refractivity contribution < 1.29 is 9.59 Å². The molecule has 1 amide bonds. The van der Waals surface area contributed by atoms with Crippen molar-refractivity contribution in [3.05, 3.63) is 80.7 Å². The Hall–Kier alpha value is -3.59. The molecule has 4 rings (SSSR count). The number of hydrogen-bond acceptors (Lipinski definition) is 7. The number of nitrogens with zero attached hydrogens (tertiary/aromatic N) is 3. The largest absolute Gasteiger partial charge is 0.352 e. The Balaban J connectivity index is 1.60. The number of halogens is 1. The number of allylic oxidation sites excluding steroid dienone is 3. The number of pyridine rings is 1. The van der Waals surface area contributed by atoms with Crippen molar-refractivity contribution in [3.63, 3.8) is 0 Å². The summed E-state index contributed by atoms with van der Waals surface area (Å²) in [7, 11) is 0. The van der Waals surface area contributed by atoms with Gasteiger partial charge in [0, 0.05) is 35.1 Å². The number of benzene rings is 1. The number of dihydropyridines is 1. The van der Waals surface area contributed by atoms with Crippen LogP contribution < -0.4 is 10.6 Å². The standard InChI is InChI=1S/C24H18ClN5O2S/c25-16-7-6-14(10-26)19(9-16)29-21(32)13-33-24-17(11-27)22(15-3-2-8-28-12-15)23-18(30-24)4-1-5-20(23)31/h2-3,6-9,12,22,30H,1,4-5,13H2,(H,29,32)/t22-/m1/s1. The van der Waals surface area contributed by atoms with E-state index >= 15 is 0 Å². The van der Waals surface area contributed by atoms with Crippen LogP contribution >= 0.6 is 23.4 Å². The number of thioether (sulfide) groups is 1. The SMILES string of the molecule is N#CC1=C(SCC(=O)Nc2cc(Cl)ccc2C#N)NC2=C(C(=O)CCC2)[C@@H]1c1cccnc1. The molecular formula is C24H18ClN5O2S. The second-order valence-electron chi connectivity index (χ2n) is 7.51. The highest BCUT2D eigenvalue weighted by Gasteiger charge is 2.37. The summed E-state index contributed by atoms with van der Waals surface area (Å²) in [5, 5.41) is 26.1. The third-order valence-electron chi connectivity index (χ3n) is 5.40. The molecule has 2 aliphatic rings. The van der Waals surface area contributed by atoms with Crippen LogP contribution in [0.3, 0.4) is 0 Å². The van der Waals surface area contributed by atoms with Crippen LogP contribution in [0.5, 0.6) is 0 Å². The topological polar surface area (TPSA) is 119 Å². The van der Waals surface area contributed by atoms with Gasteiger partial charge in [-0.3, -0.25) is 14.6 Å². The van der Waals surface area contributed by atoms with Crippen LogP contribution in [-0.4, -0.2) is 22.4 Å². The number of carbonyl (C=O) groups is 2. The third-order valence-corrected chi connectivity index (χ3v) is 6.66. The number of rotatable bonds is 5. The summed E-state index contributed by atoms with van der Waals surface area (Å²) in [6.45, 7) is 0. The van der Waals surface area contributed by atoms with Gasteiger partial charge in [0.2, 0.25) is 5.91 Å². The first-order chi connectivity index (χ1) is 16.0. The normalized spacial score (nSPS) is 17.5. The van der Waals surface area contributed by atoms with Gasteiger partial charge in [0.1, 0.15) is 6.07 Å². The van der Waals surface area contributed by atoms with Crippen LogP contribution in [0.25, 0.3) is 0 Å². The zero-order valence-electron chi connectivity index (χ0n) is 17.4. The van der Waals surface area contributed by atoms with Gasteiger partial charge < -0.3 is 10.6 Å². The summed E-state index contributed by atoms with van der Waals surface area (Å²) < 4.78 is 0. The average molecular weight is 476 g/mol. The summed E-state index contributed by atoms with van der Waals surface area (Å²) >= 11 is 7.17. The Morgan fingerprint density at radius 1 is 1.27 bits per heavy atom. The van der Waals surface area contributed by atoms with Crippen molar-refractivity contribution in [2.24, 2.45) is 0 Å². The van der Waals surface area contributed by atoms with Gasteiger partial charge in [-0.05, 0) is 42.7 Å². The summed E-state index contributed by atoms with van der Waals surface area (Å²) in [4.78, 5) is 29.6. The van der Waals surface area contributed by atoms with Crippen molar-refractivity contribution >= 4 is 40.7 Å². The second kappa shape index (κ2) is 9.91. The molecule has 1 aliphatic heterocycles. The van der Waals surface area contributed by atoms with Crippen molar-refractivity contribution in [2.45, 2.75) is 25.2 Å². The third kappa shape index (κ3) is 4.78. The zero-order valence-corrected chi connectivity index (χ0v) is 19.0. The summed E-state index contributed by atoms with van der Waals surface area (Å²) in [5.41, 5.74) is 3.19. The van der Waals surface area contributed by atoms with Gasteiger partial charge in [-0.15, -0.1) is 0 Å². The molecule has 1 atom stereocenters. The Morgan fingerprint density at radius 2 is 2.12 bits per heavy atom. The molecule has 2 aromatic rings. The zero-order chi connectivity index (χ0) is 23.4. The van der Waals surface area contributed by atoms with Crippen molar-refractivity contribution in [1.82, 2.24) is 10.3 Å². The van der Waals surface area contributed by atoms with Crippen LogP contribution in [-0.2, 0) is 9.59 Å². The fraction of sp³-hybridized carbons (Fsp3) is 0.208. The molecule has 0 bridgehead atoms. The number of Topliss-reactive ketones (excluding diaryl/α,β-unsaturated/α-hetero) is 1. The highest BCUT2D eigenvalue weighted by atomic mass is 35.5. The van der Waals surface area contributed by atoms with Gasteiger partial charge in [-0.1, -0.05) is 29.4 Å². The number of nitrogens with one attached hydrogen (secondary N) is 2. The smallest absolute Gasteiger partial charge is 0.234 e. The molecule has 0 unspecified atom stereocenters. The predicted molar refractivity (Wildman–Crippen MR) is 126 cm³/mol. The number of anilines is 1. The highest BCUT2D eigenvalue weighted by Crippen LogP contribution is 2.43. The second-order valence-corrected chi connectivity index (χ2v) is 8.93. The first-order valence-corrected chi connectivity index (χ1v) is 11.6. The van der Waals surface area contributed by atoms with Gasteiger partial charge in [0.05, 0.1) is 39.6 Å². The van der Waals surface area contributed by atoms with E-state index < -0.39 is 5.92 Å². The van der Waals surface area contributed by atoms with Crippen LogP contribution in [0.15, 0.2) is 64.6 Å². The maximum Gasteiger partial charge on any atom is 0.234 e. The Bertz CT molecular complexity index is 1270. The average Bonchev–Trinajstić information content (AvgIpc) is 2.82. The molecule has 9 heteroatoms. The van der Waals surface area contributed by atoms with E-state index in [2.05, 4.69) is 21.7 Å². The minimum atomic E-state index is -0.517. The van der Waals surface area contributed by atoms with E-state index in [1.165, 1.54) is 23.9 Å². The lowest BCUT2D eigenvalue weighted by Crippen LogP contribution is -2.31. The maximum absolute atomic E-state index is 12.8. The quantitative estimate of drug-likeness (QED) is 0.657. The monoisotopic (exact) mass is 475 g/mol. The summed E-state index contributed by atoms with van der Waals surface area (Å²) in [5.74, 6) is -0.836. The van der Waals surface area contributed by atoms with Gasteiger partial charge in [-0.25, -0.2) is 0 Å². The minimum Gasteiger partial charge on any atom is -0.352 e. The number of amides is 1. The Morgan fingerprint density at radius 3 is 2.85 bits per heavy atom. The first-order valence-electron chi connectivity index (χ1n) is 10.2. The number of aromatic nitrogens is 1. The van der Waals surface area contributed by atoms with E-state index in [0.717, 1.165) is 17.7 Å². The molecule has 164 valence electrons. The van der Waals surface area contributed by atoms with Crippen molar-refractivity contribution in [3.8, 4) is 12.1 Å². The predicted octanol–water partition coefficient (Wildman–Crippen LogP) is 4.41. The molecular weight excluding hydrogens is 458 g/mol. The van der Waals surface area contributed by atoms with Crippen LogP contribution in [0, 0.1) is 22.7 Å². The van der Waals surface area contributed by atoms with Crippen molar-refractivity contribution in [1.29, 1.82) is 10.5 Å². The van der Waals surface area contributed by atoms with E-state index in [9.17, 15) is 20.1 Å². The fourth-order valence-corrected chi connectivity index (χ4v) is 4.99. The van der Waals surface area contributed by atoms with Crippen LogP contribution in [0.2, 0.25) is 5.02 Å². The highest BCUT2D eigenvalue weighted by molar-refractivity contribution is 8.03. The van der Waals surface area contributed by atoms with E-state index in [1.54, 1.807) is 24.5 Å². The summed E-state index contributed by atoms with van der Waals surface area (Å²) in [6.07, 6.45) is 5.18. The lowest BCUT2D eigenvalue weighted by Gasteiger charge is -2.33. The fourth-order valence-electron chi connectivity index (χ4n) is 3.96. The number of hydrogen-bond donors (Lipinski definition) is 2. The lowest BCUT2D eigenvalue weighted by atomic mass is 9.77. The van der Waals surface area contributed by atoms with E-state index in [4.69, 9.17) is 11.6 Å². The van der Waals surface area contributed by atoms with Gasteiger partial charge in [-0.2, -0.15) is 10.5 Å². The molecule has 33 heavy (non-hydrogen) atoms. The van der Waals surface area contributed by atoms with Gasteiger partial charge >= 0.3 is 0 Å². The molecule has 1 aromatic carbocycles. The maximum atomic E-state index is 12.8. The minimum absolute atomic E-state index is 0.00121. The van der Waals surface area contributed by atoms with E-state index in [1.807, 2.05) is 12.1 Å². The Kier molecular flexibility index (Phi) is 6.79.